The van der Waals surface area contributed by atoms with Crippen LogP contribution in [0.5, 0.6) is 0 Å². The number of amides is 1. The third-order valence-corrected chi connectivity index (χ3v) is 2.53. The third kappa shape index (κ3) is 3.71. The number of nitro groups is 1. The molecule has 0 radical (unpaired) electrons. The fourth-order valence-corrected chi connectivity index (χ4v) is 1.77. The van der Waals surface area contributed by atoms with Crippen molar-refractivity contribution in [3.63, 3.8) is 0 Å². The molecular formula is C10H14ClN3O4. The molecule has 0 spiro atoms. The maximum Gasteiger partial charge on any atom is 0.321 e. The molecule has 1 N–H and O–H groups in total. The summed E-state index contributed by atoms with van der Waals surface area (Å²) in [6.07, 6.45) is 0. The normalized spacial score (nSPS) is 12.2. The van der Waals surface area contributed by atoms with E-state index in [-0.39, 0.29) is 22.8 Å². The molecule has 1 heterocycles. The first kappa shape index (κ1) is 14.5. The lowest BCUT2D eigenvalue weighted by Gasteiger charge is -2.18. The number of nitrogens with zero attached hydrogens (tertiary/aromatic N) is 2. The molecule has 100 valence electrons. The Labute approximate surface area is 109 Å². The SMILES string of the molecule is COCC(Cl)CN(C)C(=O)c1ccc([N+](=O)[O-])[nH]1. The molecular weight excluding hydrogens is 262 g/mol. The number of rotatable bonds is 6. The monoisotopic (exact) mass is 275 g/mol. The first-order chi connectivity index (χ1) is 8.45. The Kier molecular flexibility index (Phi) is 5.11. The highest BCUT2D eigenvalue weighted by molar-refractivity contribution is 6.21. The molecule has 7 nitrogen and oxygen atoms in total. The van der Waals surface area contributed by atoms with E-state index in [0.29, 0.717) is 13.2 Å². The van der Waals surface area contributed by atoms with Crippen LogP contribution in [0.25, 0.3) is 0 Å². The molecule has 1 amide bonds. The van der Waals surface area contributed by atoms with E-state index in [1.807, 2.05) is 0 Å². The molecule has 8 heteroatoms. The van der Waals surface area contributed by atoms with Crippen LogP contribution in [0.3, 0.4) is 0 Å². The molecule has 1 rings (SSSR count). The highest BCUT2D eigenvalue weighted by Gasteiger charge is 2.20. The minimum absolute atomic E-state index is 0.158. The van der Waals surface area contributed by atoms with Crippen molar-refractivity contribution in [3.05, 3.63) is 27.9 Å². The molecule has 0 aliphatic heterocycles. The Balaban J connectivity index is 2.65. The van der Waals surface area contributed by atoms with Crippen LogP contribution in [-0.2, 0) is 4.74 Å². The lowest BCUT2D eigenvalue weighted by molar-refractivity contribution is -0.389. The van der Waals surface area contributed by atoms with E-state index in [2.05, 4.69) is 4.98 Å². The zero-order valence-electron chi connectivity index (χ0n) is 10.1. The second-order valence-electron chi connectivity index (χ2n) is 3.75. The summed E-state index contributed by atoms with van der Waals surface area (Å²) in [5, 5.41) is 10.2. The largest absolute Gasteiger partial charge is 0.383 e. The Morgan fingerprint density at radius 2 is 2.33 bits per heavy atom. The maximum absolute atomic E-state index is 11.9. The van der Waals surface area contributed by atoms with Gasteiger partial charge in [0.25, 0.3) is 5.91 Å². The highest BCUT2D eigenvalue weighted by Crippen LogP contribution is 2.12. The summed E-state index contributed by atoms with van der Waals surface area (Å²) in [6.45, 7) is 0.616. The minimum Gasteiger partial charge on any atom is -0.383 e. The van der Waals surface area contributed by atoms with Gasteiger partial charge in [-0.2, -0.15) is 0 Å². The summed E-state index contributed by atoms with van der Waals surface area (Å²) in [5.41, 5.74) is 0.158. The molecule has 0 saturated carbocycles. The van der Waals surface area contributed by atoms with Crippen molar-refractivity contribution in [1.82, 2.24) is 9.88 Å². The van der Waals surface area contributed by atoms with Crippen LogP contribution >= 0.6 is 11.6 Å². The predicted molar refractivity (Wildman–Crippen MR) is 65.9 cm³/mol. The van der Waals surface area contributed by atoms with Gasteiger partial charge in [0.2, 0.25) is 0 Å². The number of carbonyl (C=O) groups is 1. The fourth-order valence-electron chi connectivity index (χ4n) is 1.43. The van der Waals surface area contributed by atoms with Gasteiger partial charge in [-0.25, -0.2) is 4.98 Å². The van der Waals surface area contributed by atoms with E-state index in [1.165, 1.54) is 24.1 Å². The van der Waals surface area contributed by atoms with Crippen molar-refractivity contribution in [2.24, 2.45) is 0 Å². The van der Waals surface area contributed by atoms with Gasteiger partial charge >= 0.3 is 5.82 Å². The van der Waals surface area contributed by atoms with Gasteiger partial charge in [-0.05, 0) is 11.0 Å². The van der Waals surface area contributed by atoms with Gasteiger partial charge in [-0.3, -0.25) is 4.79 Å². The van der Waals surface area contributed by atoms with Crippen molar-refractivity contribution in [2.75, 3.05) is 27.3 Å². The van der Waals surface area contributed by atoms with Crippen molar-refractivity contribution >= 4 is 23.3 Å². The molecule has 18 heavy (non-hydrogen) atoms. The van der Waals surface area contributed by atoms with E-state index < -0.39 is 4.92 Å². The number of aromatic nitrogens is 1. The average molecular weight is 276 g/mol. The van der Waals surface area contributed by atoms with Crippen molar-refractivity contribution in [2.45, 2.75) is 5.38 Å². The fraction of sp³-hybridized carbons (Fsp3) is 0.500. The van der Waals surface area contributed by atoms with Gasteiger partial charge < -0.3 is 19.8 Å². The van der Waals surface area contributed by atoms with E-state index >= 15 is 0 Å². The summed E-state index contributed by atoms with van der Waals surface area (Å²) in [5.74, 6) is -0.573. The van der Waals surface area contributed by atoms with Crippen molar-refractivity contribution < 1.29 is 14.5 Å². The molecule has 0 bridgehead atoms. The Hall–Kier alpha value is -1.60. The lowest BCUT2D eigenvalue weighted by Crippen LogP contribution is -2.34. The predicted octanol–water partition coefficient (Wildman–Crippen LogP) is 1.25. The number of aromatic amines is 1. The molecule has 0 fully saturated rings. The Bertz CT molecular complexity index is 435. The number of ether oxygens (including phenoxy) is 1. The van der Waals surface area contributed by atoms with Crippen LogP contribution in [0.4, 0.5) is 5.82 Å². The van der Waals surface area contributed by atoms with Gasteiger partial charge in [0.05, 0.1) is 12.0 Å². The second kappa shape index (κ2) is 6.36. The zero-order chi connectivity index (χ0) is 13.7. The number of nitrogens with one attached hydrogen (secondary N) is 1. The van der Waals surface area contributed by atoms with E-state index in [0.717, 1.165) is 0 Å². The maximum atomic E-state index is 11.9. The number of carbonyl (C=O) groups excluding carboxylic acids is 1. The quantitative estimate of drug-likeness (QED) is 0.481. The number of H-pyrrole nitrogens is 1. The molecule has 1 aromatic rings. The van der Waals surface area contributed by atoms with Gasteiger partial charge in [-0.1, -0.05) is 0 Å². The summed E-state index contributed by atoms with van der Waals surface area (Å²) >= 11 is 5.93. The molecule has 0 aliphatic rings. The minimum atomic E-state index is -0.591. The summed E-state index contributed by atoms with van der Waals surface area (Å²) in [7, 11) is 3.09. The number of methoxy groups -OCH3 is 1. The standard InChI is InChI=1S/C10H14ClN3O4/c1-13(5-7(11)6-18-2)10(15)8-3-4-9(12-8)14(16)17/h3-4,7,12H,5-6H2,1-2H3. The van der Waals surface area contributed by atoms with E-state index in [4.69, 9.17) is 16.3 Å². The first-order valence-electron chi connectivity index (χ1n) is 5.17. The first-order valence-corrected chi connectivity index (χ1v) is 5.61. The molecule has 1 unspecified atom stereocenters. The second-order valence-corrected chi connectivity index (χ2v) is 4.37. The number of hydrogen-bond acceptors (Lipinski definition) is 4. The average Bonchev–Trinajstić information content (AvgIpc) is 2.77. The van der Waals surface area contributed by atoms with Crippen LogP contribution in [0.15, 0.2) is 12.1 Å². The van der Waals surface area contributed by atoms with Crippen molar-refractivity contribution in [3.8, 4) is 0 Å². The lowest BCUT2D eigenvalue weighted by atomic mass is 10.3. The summed E-state index contributed by atoms with van der Waals surface area (Å²) in [4.78, 5) is 25.6. The third-order valence-electron chi connectivity index (χ3n) is 2.26. The Morgan fingerprint density at radius 3 is 2.83 bits per heavy atom. The Morgan fingerprint density at radius 1 is 1.67 bits per heavy atom. The van der Waals surface area contributed by atoms with Crippen molar-refractivity contribution in [1.29, 1.82) is 0 Å². The molecule has 1 atom stereocenters. The zero-order valence-corrected chi connectivity index (χ0v) is 10.8. The molecule has 0 aromatic carbocycles. The molecule has 0 saturated heterocycles. The van der Waals surface area contributed by atoms with E-state index in [9.17, 15) is 14.9 Å². The van der Waals surface area contributed by atoms with Crippen LogP contribution in [-0.4, -0.2) is 53.4 Å². The number of halogens is 1. The van der Waals surface area contributed by atoms with E-state index in [1.54, 1.807) is 7.05 Å². The molecule has 1 aromatic heterocycles. The van der Waals surface area contributed by atoms with Gasteiger partial charge in [-0.15, -0.1) is 11.6 Å². The molecule has 0 aliphatic carbocycles. The van der Waals surface area contributed by atoms with Crippen LogP contribution < -0.4 is 0 Å². The van der Waals surface area contributed by atoms with Gasteiger partial charge in [0.15, 0.2) is 5.69 Å². The highest BCUT2D eigenvalue weighted by atomic mass is 35.5. The smallest absolute Gasteiger partial charge is 0.321 e. The number of hydrogen-bond donors (Lipinski definition) is 1. The number of alkyl halides is 1. The summed E-state index contributed by atoms with van der Waals surface area (Å²) < 4.78 is 4.86. The van der Waals surface area contributed by atoms with Gasteiger partial charge in [0, 0.05) is 26.8 Å². The van der Waals surface area contributed by atoms with Crippen LogP contribution in [0.2, 0.25) is 0 Å². The summed E-state index contributed by atoms with van der Waals surface area (Å²) in [6, 6.07) is 2.62. The van der Waals surface area contributed by atoms with Crippen LogP contribution in [0, 0.1) is 10.1 Å². The van der Waals surface area contributed by atoms with Gasteiger partial charge in [0.1, 0.15) is 0 Å². The van der Waals surface area contributed by atoms with Crippen LogP contribution in [0.1, 0.15) is 10.5 Å². The topological polar surface area (TPSA) is 88.5 Å².